The Bertz CT molecular complexity index is 1810. The molecule has 0 fully saturated rings. The lowest BCUT2D eigenvalue weighted by molar-refractivity contribution is 0.306. The third-order valence-electron chi connectivity index (χ3n) is 6.31. The van der Waals surface area contributed by atoms with Gasteiger partial charge in [0.25, 0.3) is 5.56 Å². The summed E-state index contributed by atoms with van der Waals surface area (Å²) < 4.78 is 37.0. The van der Waals surface area contributed by atoms with Gasteiger partial charge in [0.2, 0.25) is 10.0 Å². The molecule has 0 saturated carbocycles. The maximum atomic E-state index is 12.8. The van der Waals surface area contributed by atoms with Crippen LogP contribution in [-0.2, 0) is 36.3 Å². The van der Waals surface area contributed by atoms with Gasteiger partial charge in [-0.3, -0.25) is 14.3 Å². The number of rotatable bonds is 10. The van der Waals surface area contributed by atoms with Crippen molar-refractivity contribution < 1.29 is 13.2 Å². The Balaban J connectivity index is 1.22. The number of nitrogens with zero attached hydrogens (tertiary/aromatic N) is 3. The molecule has 2 heterocycles. The van der Waals surface area contributed by atoms with Gasteiger partial charge in [0.15, 0.2) is 11.2 Å². The van der Waals surface area contributed by atoms with Crippen molar-refractivity contribution in [1.82, 2.24) is 23.8 Å². The summed E-state index contributed by atoms with van der Waals surface area (Å²) in [7, 11) is -3.73. The van der Waals surface area contributed by atoms with Crippen molar-refractivity contribution in [2.75, 3.05) is 0 Å². The molecule has 0 bridgehead atoms. The molecule has 0 radical (unpaired) electrons. The maximum absolute atomic E-state index is 12.8. The van der Waals surface area contributed by atoms with E-state index in [1.54, 1.807) is 28.8 Å². The number of hydrogen-bond acceptors (Lipinski definition) is 6. The van der Waals surface area contributed by atoms with Crippen molar-refractivity contribution in [3.63, 3.8) is 0 Å². The van der Waals surface area contributed by atoms with Gasteiger partial charge in [-0.25, -0.2) is 22.9 Å². The normalized spacial score (nSPS) is 11.6. The quantitative estimate of drug-likeness (QED) is 0.278. The number of aromatic amines is 1. The van der Waals surface area contributed by atoms with Crippen LogP contribution in [0.3, 0.4) is 0 Å². The Morgan fingerprint density at radius 2 is 1.59 bits per heavy atom. The number of hydrogen-bond donors (Lipinski definition) is 2. The molecule has 0 aliphatic heterocycles. The highest BCUT2D eigenvalue weighted by Crippen LogP contribution is 2.18. The van der Waals surface area contributed by atoms with Gasteiger partial charge in [0.1, 0.15) is 12.4 Å². The van der Waals surface area contributed by atoms with Crippen LogP contribution in [0.2, 0.25) is 0 Å². The summed E-state index contributed by atoms with van der Waals surface area (Å²) in [6.07, 6.45) is 1.54. The third kappa shape index (κ3) is 5.84. The van der Waals surface area contributed by atoms with Crippen LogP contribution in [0.25, 0.3) is 11.2 Å². The highest BCUT2D eigenvalue weighted by Gasteiger charge is 2.15. The smallest absolute Gasteiger partial charge is 0.330 e. The average molecular weight is 546 g/mol. The zero-order valence-electron chi connectivity index (χ0n) is 21.2. The predicted octanol–water partition coefficient (Wildman–Crippen LogP) is 3.01. The number of ether oxygens (including phenoxy) is 1. The molecular weight excluding hydrogens is 518 g/mol. The SMILES string of the molecule is CCn1cnc2c1c(=O)[nH]c(=O)n2Cc1ccc(CNS(=O)(=O)c2ccc(OCc3ccccc3)cc2)cc1. The van der Waals surface area contributed by atoms with Crippen LogP contribution in [0, 0.1) is 0 Å². The summed E-state index contributed by atoms with van der Waals surface area (Å²) in [6, 6.07) is 23.2. The van der Waals surface area contributed by atoms with Crippen molar-refractivity contribution in [3.05, 3.63) is 123 Å². The lowest BCUT2D eigenvalue weighted by Gasteiger charge is -2.10. The lowest BCUT2D eigenvalue weighted by Crippen LogP contribution is -2.31. The molecule has 0 aliphatic carbocycles. The molecule has 2 N–H and O–H groups in total. The summed E-state index contributed by atoms with van der Waals surface area (Å²) >= 11 is 0. The van der Waals surface area contributed by atoms with Crippen LogP contribution in [0.15, 0.2) is 99.7 Å². The number of aryl methyl sites for hydroxylation is 1. The molecule has 10 nitrogen and oxygen atoms in total. The minimum absolute atomic E-state index is 0.0959. The number of benzene rings is 3. The van der Waals surface area contributed by atoms with Gasteiger partial charge in [0, 0.05) is 13.1 Å². The number of fused-ring (bicyclic) bond motifs is 1. The second-order valence-corrected chi connectivity index (χ2v) is 10.7. The summed E-state index contributed by atoms with van der Waals surface area (Å²) in [6.45, 7) is 3.13. The van der Waals surface area contributed by atoms with E-state index >= 15 is 0 Å². The minimum Gasteiger partial charge on any atom is -0.489 e. The summed E-state index contributed by atoms with van der Waals surface area (Å²) in [5.74, 6) is 0.578. The van der Waals surface area contributed by atoms with E-state index in [0.29, 0.717) is 30.1 Å². The van der Waals surface area contributed by atoms with E-state index < -0.39 is 21.3 Å². The van der Waals surface area contributed by atoms with Crippen LogP contribution in [-0.4, -0.2) is 27.5 Å². The molecule has 39 heavy (non-hydrogen) atoms. The first-order chi connectivity index (χ1) is 18.8. The van der Waals surface area contributed by atoms with E-state index in [9.17, 15) is 18.0 Å². The molecular formula is C28H27N5O5S. The lowest BCUT2D eigenvalue weighted by atomic mass is 10.1. The van der Waals surface area contributed by atoms with Gasteiger partial charge < -0.3 is 9.30 Å². The molecule has 0 amide bonds. The number of aromatic nitrogens is 4. The van der Waals surface area contributed by atoms with Gasteiger partial charge >= 0.3 is 5.69 Å². The second-order valence-electron chi connectivity index (χ2n) is 8.93. The Hall–Kier alpha value is -4.48. The molecule has 2 aromatic heterocycles. The highest BCUT2D eigenvalue weighted by atomic mass is 32.2. The highest BCUT2D eigenvalue weighted by molar-refractivity contribution is 7.89. The Morgan fingerprint density at radius 3 is 2.28 bits per heavy atom. The first-order valence-corrected chi connectivity index (χ1v) is 13.8. The van der Waals surface area contributed by atoms with Crippen molar-refractivity contribution in [1.29, 1.82) is 0 Å². The van der Waals surface area contributed by atoms with Gasteiger partial charge in [-0.1, -0.05) is 54.6 Å². The molecule has 11 heteroatoms. The molecule has 0 atom stereocenters. The van der Waals surface area contributed by atoms with E-state index in [0.717, 1.165) is 16.7 Å². The van der Waals surface area contributed by atoms with Crippen molar-refractivity contribution in [3.8, 4) is 5.75 Å². The topological polar surface area (TPSA) is 128 Å². The first kappa shape index (κ1) is 26.1. The molecule has 0 spiro atoms. The van der Waals surface area contributed by atoms with Crippen LogP contribution < -0.4 is 20.7 Å². The van der Waals surface area contributed by atoms with Crippen LogP contribution >= 0.6 is 0 Å². The number of nitrogens with one attached hydrogen (secondary N) is 2. The zero-order chi connectivity index (χ0) is 27.4. The minimum atomic E-state index is -3.73. The van der Waals surface area contributed by atoms with Crippen LogP contribution in [0.5, 0.6) is 5.75 Å². The molecule has 0 saturated heterocycles. The van der Waals surface area contributed by atoms with Gasteiger partial charge in [-0.05, 0) is 47.9 Å². The van der Waals surface area contributed by atoms with Gasteiger partial charge in [0.05, 0.1) is 17.8 Å². The zero-order valence-corrected chi connectivity index (χ0v) is 22.0. The summed E-state index contributed by atoms with van der Waals surface area (Å²) in [5, 5.41) is 0. The number of H-pyrrole nitrogens is 1. The Morgan fingerprint density at radius 1 is 0.897 bits per heavy atom. The first-order valence-electron chi connectivity index (χ1n) is 12.4. The largest absolute Gasteiger partial charge is 0.489 e. The Kier molecular flexibility index (Phi) is 7.44. The van der Waals surface area contributed by atoms with E-state index in [4.69, 9.17) is 4.74 Å². The fourth-order valence-electron chi connectivity index (χ4n) is 4.17. The standard InChI is InChI=1S/C28H27N5O5S/c1-2-32-19-29-26-25(32)27(34)31-28(35)33(26)17-21-10-8-20(9-11-21)16-30-39(36,37)24-14-12-23(13-15-24)38-18-22-6-4-3-5-7-22/h3-15,19,30H,2,16-18H2,1H3,(H,31,34,35). The fourth-order valence-corrected chi connectivity index (χ4v) is 5.19. The molecule has 5 rings (SSSR count). The molecule has 0 aliphatic rings. The van der Waals surface area contributed by atoms with Crippen molar-refractivity contribution in [2.24, 2.45) is 0 Å². The van der Waals surface area contributed by atoms with Gasteiger partial charge in [-0.15, -0.1) is 0 Å². The second kappa shape index (κ2) is 11.1. The van der Waals surface area contributed by atoms with E-state index in [-0.39, 0.29) is 18.0 Å². The number of imidazole rings is 1. The molecule has 200 valence electrons. The third-order valence-corrected chi connectivity index (χ3v) is 7.72. The van der Waals surface area contributed by atoms with Gasteiger partial charge in [-0.2, -0.15) is 0 Å². The average Bonchev–Trinajstić information content (AvgIpc) is 3.39. The summed E-state index contributed by atoms with van der Waals surface area (Å²) in [4.78, 5) is 31.5. The van der Waals surface area contributed by atoms with E-state index in [1.807, 2.05) is 49.4 Å². The van der Waals surface area contributed by atoms with E-state index in [2.05, 4.69) is 14.7 Å². The molecule has 5 aromatic rings. The molecule has 3 aromatic carbocycles. The molecule has 0 unspecified atom stereocenters. The van der Waals surface area contributed by atoms with Crippen LogP contribution in [0.1, 0.15) is 23.6 Å². The van der Waals surface area contributed by atoms with Crippen LogP contribution in [0.4, 0.5) is 0 Å². The van der Waals surface area contributed by atoms with Crippen molar-refractivity contribution >= 4 is 21.2 Å². The van der Waals surface area contributed by atoms with Crippen molar-refractivity contribution in [2.45, 2.75) is 38.1 Å². The monoisotopic (exact) mass is 545 g/mol. The summed E-state index contributed by atoms with van der Waals surface area (Å²) in [5.41, 5.74) is 2.23. The maximum Gasteiger partial charge on any atom is 0.330 e. The number of sulfonamides is 1. The fraction of sp³-hybridized carbons (Fsp3) is 0.179. The Labute approximate surface area is 224 Å². The van der Waals surface area contributed by atoms with E-state index in [1.165, 1.54) is 23.0 Å². The predicted molar refractivity (Wildman–Crippen MR) is 147 cm³/mol.